The van der Waals surface area contributed by atoms with Gasteiger partial charge in [0, 0.05) is 15.7 Å². The number of rotatable bonds is 4. The first kappa shape index (κ1) is 19.3. The van der Waals surface area contributed by atoms with E-state index in [4.69, 9.17) is 4.42 Å². The van der Waals surface area contributed by atoms with Gasteiger partial charge in [-0.05, 0) is 60.9 Å². The lowest BCUT2D eigenvalue weighted by molar-refractivity contribution is 0.442. The van der Waals surface area contributed by atoms with Gasteiger partial charge in [-0.1, -0.05) is 49.6 Å². The summed E-state index contributed by atoms with van der Waals surface area (Å²) in [5.41, 5.74) is 5.72. The molecule has 0 spiro atoms. The number of para-hydroxylation sites is 2. The zero-order valence-corrected chi connectivity index (χ0v) is 19.5. The summed E-state index contributed by atoms with van der Waals surface area (Å²) in [6, 6.07) is 21.9. The van der Waals surface area contributed by atoms with E-state index >= 15 is 0 Å². The van der Waals surface area contributed by atoms with Crippen molar-refractivity contribution in [2.75, 3.05) is 9.37 Å². The lowest BCUT2D eigenvalue weighted by Crippen LogP contribution is -2.04. The SMILES string of the molecule is CSc1ccc(N(I)c2cccc3c2oc2c(C4CCCCC4)cccc23)cc1. The van der Waals surface area contributed by atoms with Crippen molar-refractivity contribution in [2.24, 2.45) is 0 Å². The Labute approximate surface area is 190 Å². The average molecular weight is 513 g/mol. The van der Waals surface area contributed by atoms with Crippen LogP contribution in [0.3, 0.4) is 0 Å². The monoisotopic (exact) mass is 513 g/mol. The van der Waals surface area contributed by atoms with Crippen LogP contribution in [0, 0.1) is 0 Å². The van der Waals surface area contributed by atoms with Crippen LogP contribution in [0.1, 0.15) is 43.6 Å². The van der Waals surface area contributed by atoms with Gasteiger partial charge in [-0.15, -0.1) is 11.8 Å². The van der Waals surface area contributed by atoms with Crippen LogP contribution in [0.2, 0.25) is 0 Å². The molecule has 0 N–H and O–H groups in total. The van der Waals surface area contributed by atoms with Crippen molar-refractivity contribution in [1.29, 1.82) is 0 Å². The Morgan fingerprint density at radius 2 is 1.55 bits per heavy atom. The van der Waals surface area contributed by atoms with Crippen LogP contribution in [0.15, 0.2) is 70.0 Å². The van der Waals surface area contributed by atoms with Crippen LogP contribution < -0.4 is 3.11 Å². The van der Waals surface area contributed by atoms with Crippen LogP contribution >= 0.6 is 34.6 Å². The largest absolute Gasteiger partial charge is 0.454 e. The number of hydrogen-bond acceptors (Lipinski definition) is 3. The summed E-state index contributed by atoms with van der Waals surface area (Å²) in [7, 11) is 0. The van der Waals surface area contributed by atoms with Crippen molar-refractivity contribution in [3.8, 4) is 0 Å². The van der Waals surface area contributed by atoms with Crippen LogP contribution in [0.25, 0.3) is 21.9 Å². The van der Waals surface area contributed by atoms with Gasteiger partial charge in [-0.2, -0.15) is 0 Å². The van der Waals surface area contributed by atoms with Crippen molar-refractivity contribution in [2.45, 2.75) is 42.9 Å². The molecule has 0 amide bonds. The van der Waals surface area contributed by atoms with Crippen molar-refractivity contribution in [1.82, 2.24) is 0 Å². The summed E-state index contributed by atoms with van der Waals surface area (Å²) in [6.07, 6.45) is 8.71. The average Bonchev–Trinajstić information content (AvgIpc) is 3.18. The third-order valence-electron chi connectivity index (χ3n) is 6.09. The highest BCUT2D eigenvalue weighted by Gasteiger charge is 2.22. The summed E-state index contributed by atoms with van der Waals surface area (Å²) in [6.45, 7) is 0. The zero-order valence-electron chi connectivity index (χ0n) is 16.5. The molecule has 0 aliphatic heterocycles. The first-order valence-corrected chi connectivity index (χ1v) is 12.5. The summed E-state index contributed by atoms with van der Waals surface area (Å²) in [5.74, 6) is 0.631. The molecule has 5 rings (SSSR count). The maximum absolute atomic E-state index is 6.60. The predicted molar refractivity (Wildman–Crippen MR) is 134 cm³/mol. The molecule has 0 radical (unpaired) electrons. The summed E-state index contributed by atoms with van der Waals surface area (Å²) >= 11 is 4.15. The second-order valence-electron chi connectivity index (χ2n) is 7.79. The van der Waals surface area contributed by atoms with Crippen molar-refractivity contribution in [3.05, 3.63) is 66.2 Å². The Balaban J connectivity index is 1.63. The lowest BCUT2D eigenvalue weighted by atomic mass is 9.83. The highest BCUT2D eigenvalue weighted by atomic mass is 127. The minimum atomic E-state index is 0.631. The second-order valence-corrected chi connectivity index (χ2v) is 9.64. The third kappa shape index (κ3) is 3.55. The molecule has 1 heterocycles. The second kappa shape index (κ2) is 8.23. The molecule has 148 valence electrons. The molecular formula is C25H24INOS. The first-order chi connectivity index (χ1) is 14.3. The maximum Gasteiger partial charge on any atom is 0.159 e. The number of benzene rings is 3. The normalized spacial score (nSPS) is 15.2. The van der Waals surface area contributed by atoms with E-state index in [0.29, 0.717) is 5.92 Å². The number of thioether (sulfide) groups is 1. The number of nitrogens with zero attached hydrogens (tertiary/aromatic N) is 1. The Bertz CT molecular complexity index is 1140. The molecule has 1 saturated carbocycles. The molecule has 29 heavy (non-hydrogen) atoms. The molecule has 0 atom stereocenters. The number of furan rings is 1. The van der Waals surface area contributed by atoms with Crippen molar-refractivity contribution >= 4 is 67.9 Å². The van der Waals surface area contributed by atoms with Gasteiger partial charge in [-0.3, -0.25) is 3.11 Å². The van der Waals surface area contributed by atoms with E-state index in [2.05, 4.69) is 92.9 Å². The quantitative estimate of drug-likeness (QED) is 0.154. The zero-order chi connectivity index (χ0) is 19.8. The van der Waals surface area contributed by atoms with Crippen LogP contribution in [0.4, 0.5) is 11.4 Å². The fourth-order valence-corrected chi connectivity index (χ4v) is 5.68. The van der Waals surface area contributed by atoms with Crippen molar-refractivity contribution in [3.63, 3.8) is 0 Å². The molecule has 1 aromatic heterocycles. The Hall–Kier alpha value is -1.66. The lowest BCUT2D eigenvalue weighted by Gasteiger charge is -2.21. The minimum Gasteiger partial charge on any atom is -0.454 e. The fraction of sp³-hybridized carbons (Fsp3) is 0.280. The fourth-order valence-electron chi connectivity index (χ4n) is 4.57. The van der Waals surface area contributed by atoms with Crippen LogP contribution in [0.5, 0.6) is 0 Å². The molecule has 1 fully saturated rings. The Morgan fingerprint density at radius 1 is 0.862 bits per heavy atom. The Kier molecular flexibility index (Phi) is 5.48. The predicted octanol–water partition coefficient (Wildman–Crippen LogP) is 8.84. The van der Waals surface area contributed by atoms with Gasteiger partial charge in [0.25, 0.3) is 0 Å². The first-order valence-electron chi connectivity index (χ1n) is 10.3. The molecule has 1 aliphatic rings. The van der Waals surface area contributed by atoms with Crippen LogP contribution in [-0.2, 0) is 0 Å². The highest BCUT2D eigenvalue weighted by molar-refractivity contribution is 14.1. The number of halogens is 1. The smallest absolute Gasteiger partial charge is 0.159 e. The van der Waals surface area contributed by atoms with E-state index < -0.39 is 0 Å². The van der Waals surface area contributed by atoms with E-state index in [1.54, 1.807) is 11.8 Å². The summed E-state index contributed by atoms with van der Waals surface area (Å²) < 4.78 is 8.81. The van der Waals surface area contributed by atoms with Gasteiger partial charge in [0.05, 0.1) is 34.2 Å². The van der Waals surface area contributed by atoms with Gasteiger partial charge in [-0.25, -0.2) is 0 Å². The number of fused-ring (bicyclic) bond motifs is 3. The molecule has 4 aromatic rings. The van der Waals surface area contributed by atoms with Gasteiger partial charge in [0.1, 0.15) is 5.58 Å². The molecule has 3 aromatic carbocycles. The van der Waals surface area contributed by atoms with E-state index in [9.17, 15) is 0 Å². The Morgan fingerprint density at radius 3 is 2.28 bits per heavy atom. The molecular weight excluding hydrogens is 489 g/mol. The third-order valence-corrected chi connectivity index (χ3v) is 7.91. The van der Waals surface area contributed by atoms with Gasteiger partial charge in [0.2, 0.25) is 0 Å². The molecule has 1 aliphatic carbocycles. The number of hydrogen-bond donors (Lipinski definition) is 0. The van der Waals surface area contributed by atoms with Crippen LogP contribution in [-0.4, -0.2) is 6.26 Å². The minimum absolute atomic E-state index is 0.631. The van der Waals surface area contributed by atoms with E-state index in [-0.39, 0.29) is 0 Å². The standard InChI is InChI=1S/C25H24INOS/c1-29-19-15-13-18(14-16-19)27(26)23-12-6-11-22-21-10-5-9-20(24(21)28-25(22)23)17-7-3-2-4-8-17/h5-6,9-17H,2-4,7-8H2,1H3. The molecule has 0 unspecified atom stereocenters. The van der Waals surface area contributed by atoms with Gasteiger partial charge < -0.3 is 4.42 Å². The molecule has 4 heteroatoms. The molecule has 2 nitrogen and oxygen atoms in total. The van der Waals surface area contributed by atoms with Gasteiger partial charge in [0.15, 0.2) is 5.58 Å². The summed E-state index contributed by atoms with van der Waals surface area (Å²) in [4.78, 5) is 1.28. The topological polar surface area (TPSA) is 16.4 Å². The van der Waals surface area contributed by atoms with Crippen molar-refractivity contribution < 1.29 is 4.42 Å². The maximum atomic E-state index is 6.60. The van der Waals surface area contributed by atoms with E-state index in [0.717, 1.165) is 22.5 Å². The molecule has 0 saturated heterocycles. The van der Waals surface area contributed by atoms with E-state index in [1.807, 2.05) is 0 Å². The van der Waals surface area contributed by atoms with Gasteiger partial charge >= 0.3 is 0 Å². The number of anilines is 2. The molecule has 0 bridgehead atoms. The highest BCUT2D eigenvalue weighted by Crippen LogP contribution is 2.43. The van der Waals surface area contributed by atoms with E-state index in [1.165, 1.54) is 53.3 Å². The summed E-state index contributed by atoms with van der Waals surface area (Å²) in [5, 5.41) is 2.45.